The van der Waals surface area contributed by atoms with Crippen molar-refractivity contribution in [3.05, 3.63) is 29.3 Å². The quantitative estimate of drug-likeness (QED) is 0.862. The fraction of sp³-hybridized carbons (Fsp3) is 0.429. The minimum atomic E-state index is -0.817. The van der Waals surface area contributed by atoms with E-state index in [1.54, 1.807) is 0 Å². The van der Waals surface area contributed by atoms with Crippen molar-refractivity contribution in [1.82, 2.24) is 0 Å². The fourth-order valence-corrected chi connectivity index (χ4v) is 2.32. The van der Waals surface area contributed by atoms with Crippen molar-refractivity contribution in [2.75, 3.05) is 5.32 Å². The number of amides is 1. The molecule has 0 radical (unpaired) electrons. The van der Waals surface area contributed by atoms with E-state index in [2.05, 4.69) is 5.32 Å². The summed E-state index contributed by atoms with van der Waals surface area (Å²) in [6.45, 7) is 5.66. The third kappa shape index (κ3) is 2.10. The highest BCUT2D eigenvalue weighted by Crippen LogP contribution is 2.36. The minimum absolute atomic E-state index is 0.00168. The van der Waals surface area contributed by atoms with Gasteiger partial charge in [-0.15, -0.1) is 0 Å². The summed E-state index contributed by atoms with van der Waals surface area (Å²) in [5, 5.41) is 11.7. The SMILES string of the molecule is CC1C(=O)Nc2ccc(C(C)(C)CC(=O)O)cc21. The number of benzene rings is 1. The number of carboxylic acids is 1. The molecule has 4 nitrogen and oxygen atoms in total. The predicted octanol–water partition coefficient (Wildman–Crippen LogP) is 2.49. The number of fused-ring (bicyclic) bond motifs is 1. The smallest absolute Gasteiger partial charge is 0.304 e. The summed E-state index contributed by atoms with van der Waals surface area (Å²) in [6.07, 6.45) is 0.0710. The molecule has 1 unspecified atom stereocenters. The second kappa shape index (κ2) is 4.12. The first kappa shape index (κ1) is 12.6. The highest BCUT2D eigenvalue weighted by atomic mass is 16.4. The van der Waals surface area contributed by atoms with E-state index in [0.29, 0.717) is 0 Å². The van der Waals surface area contributed by atoms with Crippen LogP contribution in [-0.4, -0.2) is 17.0 Å². The van der Waals surface area contributed by atoms with Crippen LogP contribution in [0.1, 0.15) is 44.2 Å². The molecule has 4 heteroatoms. The second-order valence-corrected chi connectivity index (χ2v) is 5.47. The monoisotopic (exact) mass is 247 g/mol. The van der Waals surface area contributed by atoms with Crippen LogP contribution in [0.3, 0.4) is 0 Å². The summed E-state index contributed by atoms with van der Waals surface area (Å²) in [5.74, 6) is -0.985. The molecule has 1 aliphatic rings. The summed E-state index contributed by atoms with van der Waals surface area (Å²) in [5.41, 5.74) is 2.30. The number of carbonyl (C=O) groups excluding carboxylic acids is 1. The molecule has 1 aliphatic heterocycles. The van der Waals surface area contributed by atoms with E-state index in [1.807, 2.05) is 39.0 Å². The van der Waals surface area contributed by atoms with Crippen molar-refractivity contribution in [3.63, 3.8) is 0 Å². The van der Waals surface area contributed by atoms with E-state index in [0.717, 1.165) is 16.8 Å². The predicted molar refractivity (Wildman–Crippen MR) is 68.8 cm³/mol. The Morgan fingerprint density at radius 3 is 2.72 bits per heavy atom. The zero-order valence-electron chi connectivity index (χ0n) is 10.8. The van der Waals surface area contributed by atoms with Gasteiger partial charge in [-0.25, -0.2) is 0 Å². The molecule has 0 aromatic heterocycles. The van der Waals surface area contributed by atoms with Gasteiger partial charge in [-0.3, -0.25) is 9.59 Å². The molecule has 2 N–H and O–H groups in total. The number of nitrogens with one attached hydrogen (secondary N) is 1. The Kier molecular flexibility index (Phi) is 2.89. The van der Waals surface area contributed by atoms with Gasteiger partial charge in [-0.05, 0) is 24.1 Å². The summed E-state index contributed by atoms with van der Waals surface area (Å²) < 4.78 is 0. The number of carboxylic acid groups (broad SMARTS) is 1. The molecule has 18 heavy (non-hydrogen) atoms. The van der Waals surface area contributed by atoms with Crippen molar-refractivity contribution in [3.8, 4) is 0 Å². The first-order chi connectivity index (χ1) is 8.31. The van der Waals surface area contributed by atoms with Crippen LogP contribution in [0.5, 0.6) is 0 Å². The maximum absolute atomic E-state index is 11.6. The lowest BCUT2D eigenvalue weighted by atomic mass is 9.80. The molecule has 1 atom stereocenters. The zero-order chi connectivity index (χ0) is 13.5. The van der Waals surface area contributed by atoms with E-state index in [1.165, 1.54) is 0 Å². The van der Waals surface area contributed by atoms with Crippen LogP contribution in [0.15, 0.2) is 18.2 Å². The number of anilines is 1. The molecule has 1 amide bonds. The van der Waals surface area contributed by atoms with Crippen molar-refractivity contribution >= 4 is 17.6 Å². The van der Waals surface area contributed by atoms with Crippen LogP contribution >= 0.6 is 0 Å². The lowest BCUT2D eigenvalue weighted by Gasteiger charge is -2.24. The number of aliphatic carboxylic acids is 1. The molecule has 1 aromatic rings. The molecular formula is C14H17NO3. The highest BCUT2D eigenvalue weighted by Gasteiger charge is 2.30. The molecule has 0 spiro atoms. The minimum Gasteiger partial charge on any atom is -0.481 e. The van der Waals surface area contributed by atoms with Gasteiger partial charge in [0.15, 0.2) is 0 Å². The van der Waals surface area contributed by atoms with Crippen LogP contribution in [0, 0.1) is 0 Å². The molecule has 1 heterocycles. The number of hydrogen-bond donors (Lipinski definition) is 2. The van der Waals surface area contributed by atoms with E-state index in [9.17, 15) is 9.59 Å². The summed E-state index contributed by atoms with van der Waals surface area (Å²) >= 11 is 0. The molecule has 2 rings (SSSR count). The van der Waals surface area contributed by atoms with E-state index < -0.39 is 11.4 Å². The maximum atomic E-state index is 11.6. The standard InChI is InChI=1S/C14H17NO3/c1-8-10-6-9(14(2,3)7-12(16)17)4-5-11(10)15-13(8)18/h4-6,8H,7H2,1-3H3,(H,15,18)(H,16,17). The largest absolute Gasteiger partial charge is 0.481 e. The number of carbonyl (C=O) groups is 2. The molecule has 96 valence electrons. The Balaban J connectivity index is 2.38. The molecule has 0 saturated heterocycles. The Labute approximate surface area is 106 Å². The van der Waals surface area contributed by atoms with E-state index in [4.69, 9.17) is 5.11 Å². The van der Waals surface area contributed by atoms with Gasteiger partial charge in [0.25, 0.3) is 0 Å². The molecule has 1 aromatic carbocycles. The molecule has 0 fully saturated rings. The Morgan fingerprint density at radius 2 is 2.11 bits per heavy atom. The van der Waals surface area contributed by atoms with Crippen molar-refractivity contribution < 1.29 is 14.7 Å². The third-order valence-corrected chi connectivity index (χ3v) is 3.54. The van der Waals surface area contributed by atoms with E-state index >= 15 is 0 Å². The second-order valence-electron chi connectivity index (χ2n) is 5.47. The lowest BCUT2D eigenvalue weighted by molar-refractivity contribution is -0.138. The first-order valence-electron chi connectivity index (χ1n) is 5.98. The van der Waals surface area contributed by atoms with Crippen LogP contribution in [0.4, 0.5) is 5.69 Å². The third-order valence-electron chi connectivity index (χ3n) is 3.54. The Hall–Kier alpha value is -1.84. The Morgan fingerprint density at radius 1 is 1.44 bits per heavy atom. The average molecular weight is 247 g/mol. The van der Waals surface area contributed by atoms with Crippen molar-refractivity contribution in [2.45, 2.75) is 38.5 Å². The van der Waals surface area contributed by atoms with Gasteiger partial charge < -0.3 is 10.4 Å². The lowest BCUT2D eigenvalue weighted by Crippen LogP contribution is -2.21. The van der Waals surface area contributed by atoms with Gasteiger partial charge in [0.05, 0.1) is 12.3 Å². The highest BCUT2D eigenvalue weighted by molar-refractivity contribution is 6.02. The van der Waals surface area contributed by atoms with Gasteiger partial charge in [0.2, 0.25) is 5.91 Å². The van der Waals surface area contributed by atoms with Crippen LogP contribution in [0.25, 0.3) is 0 Å². The molecule has 0 aliphatic carbocycles. The Bertz CT molecular complexity index is 520. The number of rotatable bonds is 3. The summed E-state index contributed by atoms with van der Waals surface area (Å²) in [6, 6.07) is 5.69. The number of hydrogen-bond acceptors (Lipinski definition) is 2. The maximum Gasteiger partial charge on any atom is 0.304 e. The normalized spacial score (nSPS) is 18.4. The summed E-state index contributed by atoms with van der Waals surface area (Å²) in [7, 11) is 0. The van der Waals surface area contributed by atoms with Gasteiger partial charge >= 0.3 is 5.97 Å². The summed E-state index contributed by atoms with van der Waals surface area (Å²) in [4.78, 5) is 22.4. The van der Waals surface area contributed by atoms with Crippen LogP contribution in [-0.2, 0) is 15.0 Å². The molecular weight excluding hydrogens is 230 g/mol. The topological polar surface area (TPSA) is 66.4 Å². The zero-order valence-corrected chi connectivity index (χ0v) is 10.8. The molecule has 0 saturated carbocycles. The molecule has 0 bridgehead atoms. The van der Waals surface area contributed by atoms with Gasteiger partial charge in [0.1, 0.15) is 0 Å². The van der Waals surface area contributed by atoms with Crippen LogP contribution < -0.4 is 5.32 Å². The van der Waals surface area contributed by atoms with Crippen molar-refractivity contribution in [1.29, 1.82) is 0 Å². The van der Waals surface area contributed by atoms with Gasteiger partial charge in [-0.2, -0.15) is 0 Å². The van der Waals surface area contributed by atoms with Gasteiger partial charge in [0, 0.05) is 11.1 Å². The average Bonchev–Trinajstić information content (AvgIpc) is 2.53. The van der Waals surface area contributed by atoms with Gasteiger partial charge in [-0.1, -0.05) is 26.0 Å². The van der Waals surface area contributed by atoms with E-state index in [-0.39, 0.29) is 18.2 Å². The fourth-order valence-electron chi connectivity index (χ4n) is 2.32. The van der Waals surface area contributed by atoms with Crippen LogP contribution in [0.2, 0.25) is 0 Å². The van der Waals surface area contributed by atoms with Crippen molar-refractivity contribution in [2.24, 2.45) is 0 Å². The first-order valence-corrected chi connectivity index (χ1v) is 5.98.